The number of nitrogens with zero attached hydrogens (tertiary/aromatic N) is 2. The molecule has 100 valence electrons. The van der Waals surface area contributed by atoms with Crippen LogP contribution in [0.15, 0.2) is 0 Å². The van der Waals surface area contributed by atoms with Gasteiger partial charge in [0.2, 0.25) is 11.8 Å². The molecule has 1 saturated carbocycles. The third-order valence-corrected chi connectivity index (χ3v) is 3.89. The number of likely N-dealkylation sites (N-methyl/N-ethyl adjacent to an activating group) is 1. The number of carbonyl (C=O) groups is 3. The standard InChI is InChI=1S/C12H18N2O4/c1-12(2)11(18)13(3)4-5-14(12)9(15)7-6-8(7)10(16)17/h7-8H,4-6H2,1-3H3,(H,16,17). The van der Waals surface area contributed by atoms with E-state index >= 15 is 0 Å². The molecule has 1 saturated heterocycles. The van der Waals surface area contributed by atoms with Gasteiger partial charge in [-0.3, -0.25) is 14.4 Å². The lowest BCUT2D eigenvalue weighted by Gasteiger charge is -2.44. The summed E-state index contributed by atoms with van der Waals surface area (Å²) in [6.45, 7) is 4.39. The van der Waals surface area contributed by atoms with Gasteiger partial charge < -0.3 is 14.9 Å². The van der Waals surface area contributed by atoms with Crippen molar-refractivity contribution in [2.45, 2.75) is 25.8 Å². The zero-order valence-electron chi connectivity index (χ0n) is 10.8. The molecule has 0 aromatic carbocycles. The molecular formula is C12H18N2O4. The molecule has 0 aromatic rings. The fourth-order valence-corrected chi connectivity index (χ4v) is 2.54. The SMILES string of the molecule is CN1CCN(C(=O)C2CC2C(=O)O)C(C)(C)C1=O. The second kappa shape index (κ2) is 3.96. The van der Waals surface area contributed by atoms with E-state index in [4.69, 9.17) is 5.11 Å². The third-order valence-electron chi connectivity index (χ3n) is 3.89. The van der Waals surface area contributed by atoms with Crippen LogP contribution < -0.4 is 0 Å². The lowest BCUT2D eigenvalue weighted by molar-refractivity contribution is -0.158. The first-order valence-corrected chi connectivity index (χ1v) is 6.06. The monoisotopic (exact) mass is 254 g/mol. The maximum Gasteiger partial charge on any atom is 0.307 e. The van der Waals surface area contributed by atoms with Gasteiger partial charge in [0, 0.05) is 20.1 Å². The number of carboxylic acids is 1. The van der Waals surface area contributed by atoms with Crippen LogP contribution in [0.5, 0.6) is 0 Å². The average Bonchev–Trinajstić information content (AvgIpc) is 3.05. The van der Waals surface area contributed by atoms with Crippen LogP contribution >= 0.6 is 0 Å². The van der Waals surface area contributed by atoms with Gasteiger partial charge in [-0.25, -0.2) is 0 Å². The topological polar surface area (TPSA) is 77.9 Å². The van der Waals surface area contributed by atoms with E-state index in [1.807, 2.05) is 0 Å². The zero-order chi connectivity index (χ0) is 13.7. The predicted octanol–water partition coefficient (Wildman–Crippen LogP) is -0.214. The highest BCUT2D eigenvalue weighted by Gasteiger charge is 2.53. The van der Waals surface area contributed by atoms with Crippen LogP contribution in [0.1, 0.15) is 20.3 Å². The molecule has 6 heteroatoms. The Hall–Kier alpha value is -1.59. The summed E-state index contributed by atoms with van der Waals surface area (Å²) in [6.07, 6.45) is 0.394. The van der Waals surface area contributed by atoms with Crippen LogP contribution in [0.2, 0.25) is 0 Å². The summed E-state index contributed by atoms with van der Waals surface area (Å²) < 4.78 is 0. The molecule has 2 fully saturated rings. The number of aliphatic carboxylic acids is 1. The molecule has 1 N–H and O–H groups in total. The van der Waals surface area contributed by atoms with Gasteiger partial charge in [0.15, 0.2) is 0 Å². The van der Waals surface area contributed by atoms with Gasteiger partial charge in [0.25, 0.3) is 0 Å². The maximum atomic E-state index is 12.2. The van der Waals surface area contributed by atoms with Gasteiger partial charge >= 0.3 is 5.97 Å². The van der Waals surface area contributed by atoms with Crippen LogP contribution in [-0.2, 0) is 14.4 Å². The summed E-state index contributed by atoms with van der Waals surface area (Å²) in [5, 5.41) is 8.85. The molecule has 6 nitrogen and oxygen atoms in total. The van der Waals surface area contributed by atoms with Crippen molar-refractivity contribution in [3.63, 3.8) is 0 Å². The van der Waals surface area contributed by atoms with Crippen molar-refractivity contribution in [2.75, 3.05) is 20.1 Å². The Kier molecular flexibility index (Phi) is 2.83. The number of rotatable bonds is 2. The lowest BCUT2D eigenvalue weighted by atomic mass is 9.97. The number of amides is 2. The van der Waals surface area contributed by atoms with E-state index < -0.39 is 23.3 Å². The molecule has 2 amide bonds. The fraction of sp³-hybridized carbons (Fsp3) is 0.750. The number of hydrogen-bond acceptors (Lipinski definition) is 3. The molecule has 0 bridgehead atoms. The maximum absolute atomic E-state index is 12.2. The molecule has 1 aliphatic carbocycles. The van der Waals surface area contributed by atoms with E-state index in [1.54, 1.807) is 25.8 Å². The Labute approximate surface area is 106 Å². The number of hydrogen-bond donors (Lipinski definition) is 1. The second-order valence-corrected chi connectivity index (χ2v) is 5.56. The van der Waals surface area contributed by atoms with Crippen LogP contribution in [-0.4, -0.2) is 58.4 Å². The Balaban J connectivity index is 2.12. The van der Waals surface area contributed by atoms with E-state index in [1.165, 1.54) is 4.90 Å². The second-order valence-electron chi connectivity index (χ2n) is 5.56. The van der Waals surface area contributed by atoms with E-state index in [0.717, 1.165) is 0 Å². The normalized spacial score (nSPS) is 30.3. The Morgan fingerprint density at radius 2 is 1.89 bits per heavy atom. The summed E-state index contributed by atoms with van der Waals surface area (Å²) >= 11 is 0. The first kappa shape index (κ1) is 12.9. The van der Waals surface area contributed by atoms with Crippen LogP contribution in [0, 0.1) is 11.8 Å². The molecule has 1 aliphatic heterocycles. The molecule has 0 spiro atoms. The Morgan fingerprint density at radius 1 is 1.28 bits per heavy atom. The zero-order valence-corrected chi connectivity index (χ0v) is 10.8. The van der Waals surface area contributed by atoms with Crippen molar-refractivity contribution in [1.29, 1.82) is 0 Å². The number of carbonyl (C=O) groups excluding carboxylic acids is 2. The smallest absolute Gasteiger partial charge is 0.307 e. The highest BCUT2D eigenvalue weighted by molar-refractivity contribution is 5.95. The minimum absolute atomic E-state index is 0.102. The summed E-state index contributed by atoms with van der Waals surface area (Å²) in [7, 11) is 1.71. The minimum atomic E-state index is -0.924. The van der Waals surface area contributed by atoms with Gasteiger partial charge in [0.05, 0.1) is 11.8 Å². The molecule has 2 atom stereocenters. The first-order chi connectivity index (χ1) is 8.26. The van der Waals surface area contributed by atoms with Crippen molar-refractivity contribution in [1.82, 2.24) is 9.80 Å². The fourth-order valence-electron chi connectivity index (χ4n) is 2.54. The Morgan fingerprint density at radius 3 is 2.39 bits per heavy atom. The summed E-state index contributed by atoms with van der Waals surface area (Å²) in [5.74, 6) is -2.24. The van der Waals surface area contributed by atoms with Gasteiger partial charge in [-0.1, -0.05) is 0 Å². The predicted molar refractivity (Wildman–Crippen MR) is 62.7 cm³/mol. The lowest BCUT2D eigenvalue weighted by Crippen LogP contribution is -2.64. The van der Waals surface area contributed by atoms with Crippen molar-refractivity contribution >= 4 is 17.8 Å². The minimum Gasteiger partial charge on any atom is -0.481 e. The van der Waals surface area contributed by atoms with E-state index in [-0.39, 0.29) is 11.8 Å². The van der Waals surface area contributed by atoms with E-state index in [0.29, 0.717) is 19.5 Å². The Bertz CT molecular complexity index is 418. The number of carboxylic acid groups (broad SMARTS) is 1. The van der Waals surface area contributed by atoms with Gasteiger partial charge in [-0.2, -0.15) is 0 Å². The highest BCUT2D eigenvalue weighted by Crippen LogP contribution is 2.41. The van der Waals surface area contributed by atoms with Gasteiger partial charge in [-0.15, -0.1) is 0 Å². The van der Waals surface area contributed by atoms with Crippen molar-refractivity contribution in [2.24, 2.45) is 11.8 Å². The molecule has 18 heavy (non-hydrogen) atoms. The average molecular weight is 254 g/mol. The molecule has 2 unspecified atom stereocenters. The first-order valence-electron chi connectivity index (χ1n) is 6.06. The molecule has 1 heterocycles. The van der Waals surface area contributed by atoms with Gasteiger partial charge in [0.1, 0.15) is 5.54 Å². The molecule has 2 aliphatic rings. The van der Waals surface area contributed by atoms with Crippen LogP contribution in [0.4, 0.5) is 0 Å². The van der Waals surface area contributed by atoms with Crippen molar-refractivity contribution < 1.29 is 19.5 Å². The van der Waals surface area contributed by atoms with Crippen molar-refractivity contribution in [3.8, 4) is 0 Å². The number of piperazine rings is 1. The summed E-state index contributed by atoms with van der Waals surface area (Å²) in [5.41, 5.74) is -0.879. The van der Waals surface area contributed by atoms with Crippen LogP contribution in [0.3, 0.4) is 0 Å². The van der Waals surface area contributed by atoms with E-state index in [2.05, 4.69) is 0 Å². The molecular weight excluding hydrogens is 236 g/mol. The quantitative estimate of drug-likeness (QED) is 0.739. The summed E-state index contributed by atoms with van der Waals surface area (Å²) in [6, 6.07) is 0. The van der Waals surface area contributed by atoms with E-state index in [9.17, 15) is 14.4 Å². The van der Waals surface area contributed by atoms with Gasteiger partial charge in [-0.05, 0) is 20.3 Å². The molecule has 0 aromatic heterocycles. The summed E-state index contributed by atoms with van der Waals surface area (Å²) in [4.78, 5) is 38.2. The molecule has 0 radical (unpaired) electrons. The third kappa shape index (κ3) is 1.85. The highest BCUT2D eigenvalue weighted by atomic mass is 16.4. The van der Waals surface area contributed by atoms with Crippen LogP contribution in [0.25, 0.3) is 0 Å². The van der Waals surface area contributed by atoms with Crippen molar-refractivity contribution in [3.05, 3.63) is 0 Å². The molecule has 2 rings (SSSR count). The largest absolute Gasteiger partial charge is 0.481 e.